The van der Waals surface area contributed by atoms with Crippen molar-refractivity contribution in [2.75, 3.05) is 40.4 Å². The van der Waals surface area contributed by atoms with E-state index in [9.17, 15) is 4.79 Å². The van der Waals surface area contributed by atoms with E-state index in [0.29, 0.717) is 19.1 Å². The molecule has 0 radical (unpaired) electrons. The summed E-state index contributed by atoms with van der Waals surface area (Å²) >= 11 is 0. The van der Waals surface area contributed by atoms with Gasteiger partial charge in [0, 0.05) is 27.2 Å². The summed E-state index contributed by atoms with van der Waals surface area (Å²) < 4.78 is 4.88. The molecular formula is C16H35IN4O2. The Morgan fingerprint density at radius 3 is 2.43 bits per heavy atom. The molecule has 0 aromatic carbocycles. The maximum absolute atomic E-state index is 11.6. The average molecular weight is 442 g/mol. The van der Waals surface area contributed by atoms with Crippen molar-refractivity contribution in [2.24, 2.45) is 10.4 Å². The number of unbranched alkanes of at least 4 members (excludes halogenated alkanes) is 2. The van der Waals surface area contributed by atoms with Gasteiger partial charge in [-0.15, -0.1) is 24.0 Å². The Kier molecular flexibility index (Phi) is 16.1. The zero-order valence-corrected chi connectivity index (χ0v) is 17.7. The van der Waals surface area contributed by atoms with Gasteiger partial charge in [0.15, 0.2) is 5.96 Å². The lowest BCUT2D eigenvalue weighted by atomic mass is 9.87. The van der Waals surface area contributed by atoms with Crippen molar-refractivity contribution in [3.63, 3.8) is 0 Å². The van der Waals surface area contributed by atoms with Crippen molar-refractivity contribution in [3.05, 3.63) is 0 Å². The van der Waals surface area contributed by atoms with Crippen LogP contribution in [0, 0.1) is 5.41 Å². The van der Waals surface area contributed by atoms with Crippen molar-refractivity contribution in [1.82, 2.24) is 16.0 Å². The average Bonchev–Trinajstić information content (AvgIpc) is 2.48. The molecular weight excluding hydrogens is 407 g/mol. The molecule has 0 heterocycles. The maximum Gasteiger partial charge on any atom is 0.239 e. The summed E-state index contributed by atoms with van der Waals surface area (Å²) in [5.41, 5.74) is 0.216. The Balaban J connectivity index is 0. The molecule has 0 aromatic heterocycles. The second kappa shape index (κ2) is 15.0. The fraction of sp³-hybridized carbons (Fsp3) is 0.875. The van der Waals surface area contributed by atoms with Gasteiger partial charge in [0.1, 0.15) is 0 Å². The van der Waals surface area contributed by atoms with Crippen LogP contribution in [-0.2, 0) is 9.53 Å². The number of hydrogen-bond acceptors (Lipinski definition) is 3. The van der Waals surface area contributed by atoms with Crippen molar-refractivity contribution >= 4 is 35.8 Å². The van der Waals surface area contributed by atoms with Gasteiger partial charge in [-0.25, -0.2) is 0 Å². The van der Waals surface area contributed by atoms with Crippen LogP contribution in [0.2, 0.25) is 0 Å². The van der Waals surface area contributed by atoms with Crippen molar-refractivity contribution in [3.8, 4) is 0 Å². The van der Waals surface area contributed by atoms with Gasteiger partial charge >= 0.3 is 0 Å². The van der Waals surface area contributed by atoms with Gasteiger partial charge in [0.05, 0.1) is 13.2 Å². The number of aliphatic imine (C=N–C) groups is 1. The van der Waals surface area contributed by atoms with Crippen LogP contribution in [0.4, 0.5) is 0 Å². The maximum atomic E-state index is 11.6. The van der Waals surface area contributed by atoms with E-state index < -0.39 is 0 Å². The normalized spacial score (nSPS) is 11.6. The molecule has 1 amide bonds. The van der Waals surface area contributed by atoms with Crippen LogP contribution in [0.25, 0.3) is 0 Å². The van der Waals surface area contributed by atoms with Crippen LogP contribution in [-0.4, -0.2) is 52.3 Å². The number of carbonyl (C=O) groups is 1. The highest BCUT2D eigenvalue weighted by atomic mass is 127. The summed E-state index contributed by atoms with van der Waals surface area (Å²) in [4.78, 5) is 15.7. The predicted octanol–water partition coefficient (Wildman–Crippen LogP) is 2.14. The smallest absolute Gasteiger partial charge is 0.239 e. The Bertz CT molecular complexity index is 336. The molecule has 6 nitrogen and oxygen atoms in total. The quantitative estimate of drug-likeness (QED) is 0.198. The number of amides is 1. The van der Waals surface area contributed by atoms with Crippen LogP contribution in [0.1, 0.15) is 46.5 Å². The lowest BCUT2D eigenvalue weighted by Gasteiger charge is -2.26. The second-order valence-electron chi connectivity index (χ2n) is 6.24. The summed E-state index contributed by atoms with van der Waals surface area (Å²) in [5, 5.41) is 9.08. The molecule has 0 saturated heterocycles. The number of nitrogens with one attached hydrogen (secondary N) is 3. The van der Waals surface area contributed by atoms with E-state index in [1.165, 1.54) is 25.7 Å². The molecule has 0 aliphatic carbocycles. The summed E-state index contributed by atoms with van der Waals surface area (Å²) in [6, 6.07) is 0. The topological polar surface area (TPSA) is 74.8 Å². The standard InChI is InChI=1S/C16H34N4O2.HI/c1-6-7-8-9-16(2,3)13-20-15(17-4)19-12-14(21)18-10-11-22-5;/h6-13H2,1-5H3,(H,18,21)(H2,17,19,20);1H. The van der Waals surface area contributed by atoms with E-state index in [-0.39, 0.29) is 41.8 Å². The first-order chi connectivity index (χ1) is 10.4. The molecule has 0 aliphatic rings. The molecule has 0 aromatic rings. The summed E-state index contributed by atoms with van der Waals surface area (Å²) in [7, 11) is 3.32. The number of hydrogen-bond donors (Lipinski definition) is 3. The zero-order valence-electron chi connectivity index (χ0n) is 15.3. The van der Waals surface area contributed by atoms with Crippen LogP contribution in [0.5, 0.6) is 0 Å². The lowest BCUT2D eigenvalue weighted by molar-refractivity contribution is -0.120. The van der Waals surface area contributed by atoms with Gasteiger partial charge in [0.25, 0.3) is 0 Å². The lowest BCUT2D eigenvalue weighted by Crippen LogP contribution is -2.46. The number of nitrogens with zero attached hydrogens (tertiary/aromatic N) is 1. The summed E-state index contributed by atoms with van der Waals surface area (Å²) in [6.07, 6.45) is 4.95. The fourth-order valence-electron chi connectivity index (χ4n) is 2.00. The third-order valence-corrected chi connectivity index (χ3v) is 3.46. The van der Waals surface area contributed by atoms with E-state index in [4.69, 9.17) is 4.74 Å². The molecule has 0 bridgehead atoms. The molecule has 0 fully saturated rings. The minimum Gasteiger partial charge on any atom is -0.383 e. The number of ether oxygens (including phenoxy) is 1. The summed E-state index contributed by atoms with van der Waals surface area (Å²) in [5.74, 6) is 0.590. The Morgan fingerprint density at radius 1 is 1.17 bits per heavy atom. The van der Waals surface area contributed by atoms with Crippen LogP contribution in [0.3, 0.4) is 0 Å². The monoisotopic (exact) mass is 442 g/mol. The second-order valence-corrected chi connectivity index (χ2v) is 6.24. The van der Waals surface area contributed by atoms with Gasteiger partial charge in [-0.05, 0) is 11.8 Å². The van der Waals surface area contributed by atoms with E-state index >= 15 is 0 Å². The van der Waals surface area contributed by atoms with Gasteiger partial charge in [-0.1, -0.05) is 40.0 Å². The molecule has 3 N–H and O–H groups in total. The third kappa shape index (κ3) is 14.7. The number of methoxy groups -OCH3 is 1. The highest BCUT2D eigenvalue weighted by molar-refractivity contribution is 14.0. The first-order valence-electron chi connectivity index (χ1n) is 8.15. The number of carbonyl (C=O) groups excluding carboxylic acids is 1. The van der Waals surface area contributed by atoms with Gasteiger partial charge < -0.3 is 20.7 Å². The van der Waals surface area contributed by atoms with Crippen LogP contribution in [0.15, 0.2) is 4.99 Å². The Morgan fingerprint density at radius 2 is 1.87 bits per heavy atom. The third-order valence-electron chi connectivity index (χ3n) is 3.46. The van der Waals surface area contributed by atoms with Gasteiger partial charge in [-0.2, -0.15) is 0 Å². The van der Waals surface area contributed by atoms with Gasteiger partial charge in [-0.3, -0.25) is 9.79 Å². The number of guanidine groups is 1. The fourth-order valence-corrected chi connectivity index (χ4v) is 2.00. The molecule has 138 valence electrons. The van der Waals surface area contributed by atoms with Crippen molar-refractivity contribution in [1.29, 1.82) is 0 Å². The van der Waals surface area contributed by atoms with E-state index in [2.05, 4.69) is 41.7 Å². The first-order valence-corrected chi connectivity index (χ1v) is 8.15. The molecule has 0 aliphatic heterocycles. The minimum atomic E-state index is -0.0674. The van der Waals surface area contributed by atoms with E-state index in [1.54, 1.807) is 14.2 Å². The SMILES string of the molecule is CCCCCC(C)(C)CNC(=NC)NCC(=O)NCCOC.I. The number of rotatable bonds is 11. The van der Waals surface area contributed by atoms with Crippen molar-refractivity contribution in [2.45, 2.75) is 46.5 Å². The largest absolute Gasteiger partial charge is 0.383 e. The predicted molar refractivity (Wildman–Crippen MR) is 108 cm³/mol. The molecule has 0 spiro atoms. The van der Waals surface area contributed by atoms with E-state index in [0.717, 1.165) is 6.54 Å². The zero-order chi connectivity index (χ0) is 16.8. The molecule has 0 unspecified atom stereocenters. The first kappa shape index (κ1) is 24.7. The molecule has 7 heteroatoms. The minimum absolute atomic E-state index is 0. The number of halogens is 1. The molecule has 0 saturated carbocycles. The molecule has 0 atom stereocenters. The van der Waals surface area contributed by atoms with Crippen LogP contribution < -0.4 is 16.0 Å². The van der Waals surface area contributed by atoms with E-state index in [1.807, 2.05) is 0 Å². The highest BCUT2D eigenvalue weighted by Gasteiger charge is 2.17. The summed E-state index contributed by atoms with van der Waals surface area (Å²) in [6.45, 7) is 8.80. The Labute approximate surface area is 158 Å². The molecule has 23 heavy (non-hydrogen) atoms. The van der Waals surface area contributed by atoms with Gasteiger partial charge in [0.2, 0.25) is 5.91 Å². The van der Waals surface area contributed by atoms with Crippen molar-refractivity contribution < 1.29 is 9.53 Å². The molecule has 0 rings (SSSR count). The highest BCUT2D eigenvalue weighted by Crippen LogP contribution is 2.22. The van der Waals surface area contributed by atoms with Crippen LogP contribution >= 0.6 is 24.0 Å². The Hall–Kier alpha value is -0.570.